The summed E-state index contributed by atoms with van der Waals surface area (Å²) in [6.45, 7) is 5.19. The zero-order valence-electron chi connectivity index (χ0n) is 13.7. The molecule has 3 rings (SSSR count). The van der Waals surface area contributed by atoms with Crippen LogP contribution in [-0.4, -0.2) is 32.3 Å². The minimum atomic E-state index is -4.46. The van der Waals surface area contributed by atoms with Crippen molar-refractivity contribution in [2.45, 2.75) is 51.9 Å². The molecule has 0 saturated carbocycles. The van der Waals surface area contributed by atoms with E-state index in [-0.39, 0.29) is 12.0 Å². The summed E-state index contributed by atoms with van der Waals surface area (Å²) in [5.74, 6) is 0.149. The Bertz CT molecular complexity index is 710. The van der Waals surface area contributed by atoms with Gasteiger partial charge in [-0.3, -0.25) is 4.68 Å². The smallest absolute Gasteiger partial charge is 0.336 e. The molecule has 8 heteroatoms. The van der Waals surface area contributed by atoms with Crippen molar-refractivity contribution in [2.24, 2.45) is 0 Å². The number of aryl methyl sites for hydroxylation is 2. The number of piperidine rings is 1. The van der Waals surface area contributed by atoms with E-state index in [1.807, 2.05) is 29.5 Å². The lowest BCUT2D eigenvalue weighted by molar-refractivity contribution is -0.141. The van der Waals surface area contributed by atoms with Crippen LogP contribution in [0, 0.1) is 13.8 Å². The third kappa shape index (κ3) is 3.52. The molecule has 0 radical (unpaired) electrons. The molecule has 130 valence electrons. The number of rotatable bonds is 3. The van der Waals surface area contributed by atoms with Crippen molar-refractivity contribution in [3.63, 3.8) is 0 Å². The number of hydrogen-bond acceptors (Lipinski definition) is 4. The van der Waals surface area contributed by atoms with Gasteiger partial charge in [0.25, 0.3) is 0 Å². The van der Waals surface area contributed by atoms with Crippen molar-refractivity contribution in [2.75, 3.05) is 11.4 Å². The van der Waals surface area contributed by atoms with E-state index in [0.717, 1.165) is 36.7 Å². The van der Waals surface area contributed by atoms with E-state index in [4.69, 9.17) is 0 Å². The van der Waals surface area contributed by atoms with Gasteiger partial charge in [0.15, 0.2) is 0 Å². The Hall–Kier alpha value is -2.12. The lowest BCUT2D eigenvalue weighted by Gasteiger charge is -2.36. The largest absolute Gasteiger partial charge is 0.433 e. The summed E-state index contributed by atoms with van der Waals surface area (Å²) in [5.41, 5.74) is 1.08. The van der Waals surface area contributed by atoms with Crippen molar-refractivity contribution < 1.29 is 13.2 Å². The van der Waals surface area contributed by atoms with Gasteiger partial charge in [0.2, 0.25) is 5.95 Å². The number of aromatic nitrogens is 4. The Morgan fingerprint density at radius 1 is 1.25 bits per heavy atom. The van der Waals surface area contributed by atoms with E-state index >= 15 is 0 Å². The standard InChI is InChI=1S/C16H20F3N5/c1-11-9-12(2)24(22-11)10-13-5-3-4-8-23(13)15-20-7-6-14(21-15)16(17,18)19/h6-7,9,13H,3-5,8,10H2,1-2H3. The maximum absolute atomic E-state index is 12.9. The highest BCUT2D eigenvalue weighted by Crippen LogP contribution is 2.30. The molecule has 2 aromatic heterocycles. The number of halogens is 3. The van der Waals surface area contributed by atoms with E-state index in [1.54, 1.807) is 0 Å². The first-order chi connectivity index (χ1) is 11.3. The van der Waals surface area contributed by atoms with Crippen LogP contribution in [0.3, 0.4) is 0 Å². The molecule has 0 aliphatic carbocycles. The molecule has 1 atom stereocenters. The third-order valence-corrected chi connectivity index (χ3v) is 4.30. The second-order valence-electron chi connectivity index (χ2n) is 6.19. The van der Waals surface area contributed by atoms with Crippen LogP contribution in [0.25, 0.3) is 0 Å². The number of hydrogen-bond donors (Lipinski definition) is 0. The summed E-state index contributed by atoms with van der Waals surface area (Å²) < 4.78 is 40.6. The van der Waals surface area contributed by atoms with Crippen LogP contribution in [0.4, 0.5) is 19.1 Å². The van der Waals surface area contributed by atoms with Gasteiger partial charge in [-0.05, 0) is 45.2 Å². The Labute approximate surface area is 138 Å². The third-order valence-electron chi connectivity index (χ3n) is 4.30. The number of nitrogens with zero attached hydrogens (tertiary/aromatic N) is 5. The number of anilines is 1. The van der Waals surface area contributed by atoms with Gasteiger partial charge in [0.05, 0.1) is 18.3 Å². The molecule has 24 heavy (non-hydrogen) atoms. The van der Waals surface area contributed by atoms with Gasteiger partial charge in [-0.15, -0.1) is 0 Å². The summed E-state index contributed by atoms with van der Waals surface area (Å²) in [6.07, 6.45) is -0.427. The van der Waals surface area contributed by atoms with Crippen LogP contribution in [0.5, 0.6) is 0 Å². The normalized spacial score (nSPS) is 18.9. The Morgan fingerprint density at radius 3 is 2.71 bits per heavy atom. The molecule has 1 aliphatic heterocycles. The first kappa shape index (κ1) is 16.7. The van der Waals surface area contributed by atoms with Crippen LogP contribution in [0.2, 0.25) is 0 Å². The van der Waals surface area contributed by atoms with Crippen LogP contribution in [-0.2, 0) is 12.7 Å². The molecule has 1 saturated heterocycles. The topological polar surface area (TPSA) is 46.8 Å². The second kappa shape index (κ2) is 6.41. The summed E-state index contributed by atoms with van der Waals surface area (Å²) in [5, 5.41) is 4.46. The fraction of sp³-hybridized carbons (Fsp3) is 0.562. The van der Waals surface area contributed by atoms with E-state index in [1.165, 1.54) is 6.20 Å². The predicted octanol–water partition coefficient (Wildman–Crippen LogP) is 3.37. The molecular weight excluding hydrogens is 319 g/mol. The number of alkyl halides is 3. The van der Waals surface area contributed by atoms with Crippen molar-refractivity contribution in [3.05, 3.63) is 35.4 Å². The van der Waals surface area contributed by atoms with Gasteiger partial charge < -0.3 is 4.90 Å². The summed E-state index contributed by atoms with van der Waals surface area (Å²) in [4.78, 5) is 9.71. The summed E-state index contributed by atoms with van der Waals surface area (Å²) in [6, 6.07) is 2.94. The molecule has 2 aromatic rings. The minimum absolute atomic E-state index is 0.0419. The maximum atomic E-state index is 12.9. The molecule has 1 aliphatic rings. The molecule has 3 heterocycles. The zero-order chi connectivity index (χ0) is 17.3. The quantitative estimate of drug-likeness (QED) is 0.860. The lowest BCUT2D eigenvalue weighted by atomic mass is 10.0. The molecule has 1 unspecified atom stereocenters. The van der Waals surface area contributed by atoms with Crippen molar-refractivity contribution >= 4 is 5.95 Å². The van der Waals surface area contributed by atoms with Gasteiger partial charge in [0, 0.05) is 18.4 Å². The van der Waals surface area contributed by atoms with Crippen LogP contribution in [0.1, 0.15) is 36.3 Å². The van der Waals surface area contributed by atoms with E-state index in [2.05, 4.69) is 15.1 Å². The molecule has 1 fully saturated rings. The van der Waals surface area contributed by atoms with Gasteiger partial charge in [-0.2, -0.15) is 18.3 Å². The minimum Gasteiger partial charge on any atom is -0.336 e. The molecule has 0 bridgehead atoms. The Morgan fingerprint density at radius 2 is 2.04 bits per heavy atom. The average molecular weight is 339 g/mol. The molecule has 0 spiro atoms. The summed E-state index contributed by atoms with van der Waals surface area (Å²) >= 11 is 0. The fourth-order valence-electron chi connectivity index (χ4n) is 3.16. The zero-order valence-corrected chi connectivity index (χ0v) is 13.7. The highest BCUT2D eigenvalue weighted by Gasteiger charge is 2.34. The first-order valence-electron chi connectivity index (χ1n) is 8.02. The van der Waals surface area contributed by atoms with Crippen molar-refractivity contribution in [1.29, 1.82) is 0 Å². The van der Waals surface area contributed by atoms with E-state index < -0.39 is 11.9 Å². The molecular formula is C16H20F3N5. The highest BCUT2D eigenvalue weighted by molar-refractivity contribution is 5.33. The van der Waals surface area contributed by atoms with Gasteiger partial charge in [0.1, 0.15) is 5.69 Å². The molecule has 0 aromatic carbocycles. The Kier molecular flexibility index (Phi) is 4.47. The van der Waals surface area contributed by atoms with Crippen LogP contribution < -0.4 is 4.90 Å². The van der Waals surface area contributed by atoms with Gasteiger partial charge >= 0.3 is 6.18 Å². The second-order valence-corrected chi connectivity index (χ2v) is 6.19. The van der Waals surface area contributed by atoms with E-state index in [9.17, 15) is 13.2 Å². The Balaban J connectivity index is 1.86. The van der Waals surface area contributed by atoms with Crippen LogP contribution in [0.15, 0.2) is 18.3 Å². The monoisotopic (exact) mass is 339 g/mol. The molecule has 5 nitrogen and oxygen atoms in total. The fourth-order valence-corrected chi connectivity index (χ4v) is 3.16. The summed E-state index contributed by atoms with van der Waals surface area (Å²) in [7, 11) is 0. The SMILES string of the molecule is Cc1cc(C)n(CC2CCCCN2c2nccc(C(F)(F)F)n2)n1. The predicted molar refractivity (Wildman–Crippen MR) is 83.7 cm³/mol. The molecule has 0 amide bonds. The first-order valence-corrected chi connectivity index (χ1v) is 8.02. The van der Waals surface area contributed by atoms with E-state index in [0.29, 0.717) is 13.1 Å². The lowest BCUT2D eigenvalue weighted by Crippen LogP contribution is -2.43. The van der Waals surface area contributed by atoms with Crippen molar-refractivity contribution in [3.8, 4) is 0 Å². The molecule has 0 N–H and O–H groups in total. The van der Waals surface area contributed by atoms with Crippen molar-refractivity contribution in [1.82, 2.24) is 19.7 Å². The maximum Gasteiger partial charge on any atom is 0.433 e. The van der Waals surface area contributed by atoms with Gasteiger partial charge in [-0.1, -0.05) is 0 Å². The van der Waals surface area contributed by atoms with Crippen LogP contribution >= 0.6 is 0 Å². The van der Waals surface area contributed by atoms with Gasteiger partial charge in [-0.25, -0.2) is 9.97 Å². The average Bonchev–Trinajstić information content (AvgIpc) is 2.85. The highest BCUT2D eigenvalue weighted by atomic mass is 19.4.